The van der Waals surface area contributed by atoms with Crippen LogP contribution in [0.3, 0.4) is 0 Å². The van der Waals surface area contributed by atoms with Crippen molar-refractivity contribution in [3.8, 4) is 0 Å². The summed E-state index contributed by atoms with van der Waals surface area (Å²) in [4.78, 5) is 16.9. The third kappa shape index (κ3) is 1.82. The predicted octanol–water partition coefficient (Wildman–Crippen LogP) is 3.34. The van der Waals surface area contributed by atoms with Crippen LogP contribution in [0.5, 0.6) is 0 Å². The Bertz CT molecular complexity index is 595. The van der Waals surface area contributed by atoms with E-state index in [2.05, 4.69) is 11.9 Å². The second kappa shape index (κ2) is 4.39. The number of aromatic carboxylic acids is 1. The highest BCUT2D eigenvalue weighted by molar-refractivity contribution is 7.15. The molecule has 4 nitrogen and oxygen atoms in total. The van der Waals surface area contributed by atoms with Gasteiger partial charge in [-0.05, 0) is 12.8 Å². The fourth-order valence-corrected chi connectivity index (χ4v) is 2.97. The number of nitrogens with zero attached hydrogens (tertiary/aromatic N) is 2. The number of hydrogen-bond acceptors (Lipinski definition) is 3. The Hall–Kier alpha value is -1.36. The fourth-order valence-electron chi connectivity index (χ4n) is 2.00. The Labute approximate surface area is 110 Å². The minimum atomic E-state index is -0.896. The molecular formula is C13H18N2O2S. The van der Waals surface area contributed by atoms with Crippen molar-refractivity contribution < 1.29 is 9.90 Å². The number of carbonyl (C=O) groups is 1. The van der Waals surface area contributed by atoms with Gasteiger partial charge in [0, 0.05) is 16.5 Å². The van der Waals surface area contributed by atoms with Crippen molar-refractivity contribution in [1.82, 2.24) is 9.38 Å². The van der Waals surface area contributed by atoms with Crippen molar-refractivity contribution in [3.05, 3.63) is 22.5 Å². The summed E-state index contributed by atoms with van der Waals surface area (Å²) in [6.07, 6.45) is 1.67. The first-order valence-corrected chi connectivity index (χ1v) is 7.03. The van der Waals surface area contributed by atoms with E-state index in [0.29, 0.717) is 11.4 Å². The van der Waals surface area contributed by atoms with E-state index in [4.69, 9.17) is 0 Å². The van der Waals surface area contributed by atoms with E-state index in [-0.39, 0.29) is 5.41 Å². The van der Waals surface area contributed by atoms with Crippen molar-refractivity contribution in [1.29, 1.82) is 0 Å². The number of fused-ring (bicyclic) bond motifs is 1. The van der Waals surface area contributed by atoms with Gasteiger partial charge in [-0.2, -0.15) is 0 Å². The minimum Gasteiger partial charge on any atom is -0.477 e. The monoisotopic (exact) mass is 266 g/mol. The lowest BCUT2D eigenvalue weighted by molar-refractivity contribution is 0.0685. The Morgan fingerprint density at radius 1 is 1.50 bits per heavy atom. The number of carboxylic acid groups (broad SMARTS) is 1. The molecule has 0 saturated heterocycles. The molecule has 0 fully saturated rings. The topological polar surface area (TPSA) is 54.6 Å². The summed E-state index contributed by atoms with van der Waals surface area (Å²) in [6.45, 7) is 8.16. The van der Waals surface area contributed by atoms with Crippen LogP contribution in [0, 0.1) is 0 Å². The van der Waals surface area contributed by atoms with Gasteiger partial charge in [0.25, 0.3) is 0 Å². The largest absolute Gasteiger partial charge is 0.477 e. The second-order valence-corrected chi connectivity index (χ2v) is 5.89. The van der Waals surface area contributed by atoms with E-state index >= 15 is 0 Å². The lowest BCUT2D eigenvalue weighted by Crippen LogP contribution is -2.21. The Morgan fingerprint density at radius 2 is 2.17 bits per heavy atom. The van der Waals surface area contributed by atoms with Crippen LogP contribution in [0.2, 0.25) is 0 Å². The van der Waals surface area contributed by atoms with Gasteiger partial charge in [-0.3, -0.25) is 4.40 Å². The fraction of sp³-hybridized carbons (Fsp3) is 0.538. The summed E-state index contributed by atoms with van der Waals surface area (Å²) in [5.41, 5.74) is 1.82. The Balaban J connectivity index is 2.79. The van der Waals surface area contributed by atoms with Crippen LogP contribution in [0.15, 0.2) is 5.38 Å². The zero-order chi connectivity index (χ0) is 13.5. The summed E-state index contributed by atoms with van der Waals surface area (Å²) in [5.74, 6) is -0.896. The van der Waals surface area contributed by atoms with Crippen molar-refractivity contribution in [2.45, 2.75) is 46.0 Å². The van der Waals surface area contributed by atoms with Gasteiger partial charge in [0.2, 0.25) is 0 Å². The van der Waals surface area contributed by atoms with E-state index < -0.39 is 5.97 Å². The number of thiazole rings is 1. The minimum absolute atomic E-state index is 0.218. The van der Waals surface area contributed by atoms with E-state index in [0.717, 1.165) is 23.5 Å². The summed E-state index contributed by atoms with van der Waals surface area (Å²) in [7, 11) is 0. The third-order valence-corrected chi connectivity index (χ3v) is 4.40. The average molecular weight is 266 g/mol. The molecule has 1 N–H and O–H groups in total. The van der Waals surface area contributed by atoms with Crippen LogP contribution in [-0.2, 0) is 11.8 Å². The molecule has 2 aromatic rings. The number of aromatic nitrogens is 2. The molecule has 5 heteroatoms. The maximum Gasteiger partial charge on any atom is 0.354 e. The summed E-state index contributed by atoms with van der Waals surface area (Å²) >= 11 is 1.51. The highest BCUT2D eigenvalue weighted by atomic mass is 32.1. The number of hydrogen-bond donors (Lipinski definition) is 1. The first kappa shape index (κ1) is 13.1. The highest BCUT2D eigenvalue weighted by Crippen LogP contribution is 2.32. The molecule has 2 rings (SSSR count). The number of carboxylic acids is 1. The molecule has 0 aromatic carbocycles. The Kier molecular flexibility index (Phi) is 3.19. The molecule has 0 aliphatic rings. The zero-order valence-corrected chi connectivity index (χ0v) is 12.0. The van der Waals surface area contributed by atoms with Gasteiger partial charge in [-0.1, -0.05) is 27.7 Å². The van der Waals surface area contributed by atoms with Gasteiger partial charge in [0.05, 0.1) is 5.69 Å². The SMILES string of the molecule is CCc1csc2nc(C(C)(C)CC)c(C(=O)O)n12. The first-order valence-electron chi connectivity index (χ1n) is 6.15. The molecule has 98 valence electrons. The third-order valence-electron chi connectivity index (χ3n) is 3.52. The van der Waals surface area contributed by atoms with E-state index in [1.165, 1.54) is 11.3 Å². The number of aryl methyl sites for hydroxylation is 1. The normalized spacial score (nSPS) is 12.2. The van der Waals surface area contributed by atoms with Crippen LogP contribution in [-0.4, -0.2) is 20.5 Å². The second-order valence-electron chi connectivity index (χ2n) is 5.05. The van der Waals surface area contributed by atoms with Crippen molar-refractivity contribution in [2.24, 2.45) is 0 Å². The van der Waals surface area contributed by atoms with Crippen molar-refractivity contribution >= 4 is 22.3 Å². The van der Waals surface area contributed by atoms with Crippen LogP contribution in [0.1, 0.15) is 56.0 Å². The summed E-state index contributed by atoms with van der Waals surface area (Å²) < 4.78 is 1.79. The molecule has 0 aliphatic carbocycles. The lowest BCUT2D eigenvalue weighted by atomic mass is 9.85. The molecule has 2 heterocycles. The van der Waals surface area contributed by atoms with E-state index in [9.17, 15) is 9.90 Å². The molecule has 18 heavy (non-hydrogen) atoms. The zero-order valence-electron chi connectivity index (χ0n) is 11.1. The molecule has 0 saturated carbocycles. The molecule has 0 radical (unpaired) electrons. The molecule has 0 unspecified atom stereocenters. The van der Waals surface area contributed by atoms with Gasteiger partial charge in [0.1, 0.15) is 0 Å². The van der Waals surface area contributed by atoms with Gasteiger partial charge >= 0.3 is 5.97 Å². The maximum absolute atomic E-state index is 11.6. The number of imidazole rings is 1. The first-order chi connectivity index (χ1) is 8.42. The van der Waals surface area contributed by atoms with E-state index in [1.807, 2.05) is 26.2 Å². The number of rotatable bonds is 4. The van der Waals surface area contributed by atoms with Gasteiger partial charge in [-0.25, -0.2) is 9.78 Å². The summed E-state index contributed by atoms with van der Waals surface area (Å²) in [5, 5.41) is 11.5. The highest BCUT2D eigenvalue weighted by Gasteiger charge is 2.31. The van der Waals surface area contributed by atoms with Gasteiger partial charge < -0.3 is 5.11 Å². The molecule has 2 aromatic heterocycles. The predicted molar refractivity (Wildman–Crippen MR) is 72.7 cm³/mol. The van der Waals surface area contributed by atoms with Crippen LogP contribution >= 0.6 is 11.3 Å². The average Bonchev–Trinajstić information content (AvgIpc) is 2.86. The smallest absolute Gasteiger partial charge is 0.354 e. The van der Waals surface area contributed by atoms with Crippen molar-refractivity contribution in [3.63, 3.8) is 0 Å². The molecule has 0 amide bonds. The maximum atomic E-state index is 11.6. The molecule has 0 atom stereocenters. The molecule has 0 aliphatic heterocycles. The van der Waals surface area contributed by atoms with Crippen molar-refractivity contribution in [2.75, 3.05) is 0 Å². The summed E-state index contributed by atoms with van der Waals surface area (Å²) in [6, 6.07) is 0. The lowest BCUT2D eigenvalue weighted by Gasteiger charge is -2.20. The van der Waals surface area contributed by atoms with Crippen LogP contribution in [0.4, 0.5) is 0 Å². The van der Waals surface area contributed by atoms with Crippen LogP contribution < -0.4 is 0 Å². The molecular weight excluding hydrogens is 248 g/mol. The molecule has 0 spiro atoms. The van der Waals surface area contributed by atoms with E-state index in [1.54, 1.807) is 4.40 Å². The standard InChI is InChI=1S/C13H18N2O2S/c1-5-8-7-18-12-14-10(13(3,4)6-2)9(11(16)17)15(8)12/h7H,5-6H2,1-4H3,(H,16,17). The van der Waals surface area contributed by atoms with Gasteiger partial charge in [-0.15, -0.1) is 11.3 Å². The quantitative estimate of drug-likeness (QED) is 0.923. The van der Waals surface area contributed by atoms with Gasteiger partial charge in [0.15, 0.2) is 10.7 Å². The van der Waals surface area contributed by atoms with Crippen LogP contribution in [0.25, 0.3) is 4.96 Å². The molecule has 0 bridgehead atoms. The Morgan fingerprint density at radius 3 is 2.67 bits per heavy atom.